The van der Waals surface area contributed by atoms with Gasteiger partial charge in [0.1, 0.15) is 5.82 Å². The second kappa shape index (κ2) is 3.17. The van der Waals surface area contributed by atoms with Crippen molar-refractivity contribution in [3.63, 3.8) is 0 Å². The molecule has 2 heterocycles. The van der Waals surface area contributed by atoms with Crippen LogP contribution >= 0.6 is 23.4 Å². The highest BCUT2D eigenvalue weighted by atomic mass is 35.5. The van der Waals surface area contributed by atoms with Crippen LogP contribution in [0.5, 0.6) is 0 Å². The quantitative estimate of drug-likeness (QED) is 0.700. The molecule has 1 aromatic carbocycles. The SMILES string of the molecule is CC1SC(C)(C)n2c1nc1cc(Cl)ccc12. The summed E-state index contributed by atoms with van der Waals surface area (Å²) in [5.41, 5.74) is 2.18. The zero-order valence-electron chi connectivity index (χ0n) is 9.49. The van der Waals surface area contributed by atoms with Crippen molar-refractivity contribution in [3.05, 3.63) is 29.0 Å². The highest BCUT2D eigenvalue weighted by Crippen LogP contribution is 2.50. The van der Waals surface area contributed by atoms with Gasteiger partial charge < -0.3 is 4.57 Å². The van der Waals surface area contributed by atoms with Crippen LogP contribution in [-0.2, 0) is 4.87 Å². The van der Waals surface area contributed by atoms with Crippen LogP contribution in [0.2, 0.25) is 5.02 Å². The topological polar surface area (TPSA) is 17.8 Å². The molecule has 16 heavy (non-hydrogen) atoms. The van der Waals surface area contributed by atoms with E-state index in [0.717, 1.165) is 16.4 Å². The molecular formula is C12H13ClN2S. The number of thioether (sulfide) groups is 1. The van der Waals surface area contributed by atoms with Gasteiger partial charge in [0.25, 0.3) is 0 Å². The standard InChI is InChI=1S/C12H13ClN2S/c1-7-11-14-9-6-8(13)4-5-10(9)15(11)12(2,3)16-7/h4-7H,1-3H3. The average Bonchev–Trinajstić information content (AvgIpc) is 2.64. The van der Waals surface area contributed by atoms with Gasteiger partial charge in [0.15, 0.2) is 0 Å². The lowest BCUT2D eigenvalue weighted by atomic mass is 10.3. The first-order chi connectivity index (χ1) is 7.49. The fraction of sp³-hybridized carbons (Fsp3) is 0.417. The monoisotopic (exact) mass is 252 g/mol. The predicted molar refractivity (Wildman–Crippen MR) is 70.1 cm³/mol. The van der Waals surface area contributed by atoms with Crippen LogP contribution in [0.3, 0.4) is 0 Å². The molecule has 0 spiro atoms. The molecule has 1 aliphatic rings. The number of aromatic nitrogens is 2. The van der Waals surface area contributed by atoms with Crippen molar-refractivity contribution < 1.29 is 0 Å². The van der Waals surface area contributed by atoms with Crippen molar-refractivity contribution in [2.75, 3.05) is 0 Å². The lowest BCUT2D eigenvalue weighted by molar-refractivity contribution is 0.556. The molecule has 0 aliphatic carbocycles. The molecular weight excluding hydrogens is 240 g/mol. The summed E-state index contributed by atoms with van der Waals surface area (Å²) in [6, 6.07) is 5.94. The molecule has 0 saturated heterocycles. The fourth-order valence-electron chi connectivity index (χ4n) is 2.45. The first-order valence-electron chi connectivity index (χ1n) is 5.35. The second-order valence-electron chi connectivity index (χ2n) is 4.65. The van der Waals surface area contributed by atoms with E-state index in [1.54, 1.807) is 0 Å². The number of imidazole rings is 1. The highest BCUT2D eigenvalue weighted by molar-refractivity contribution is 8.00. The van der Waals surface area contributed by atoms with E-state index in [0.29, 0.717) is 5.25 Å². The van der Waals surface area contributed by atoms with Gasteiger partial charge in [-0.05, 0) is 39.0 Å². The fourth-order valence-corrected chi connectivity index (χ4v) is 4.04. The molecule has 84 valence electrons. The number of nitrogens with zero attached hydrogens (tertiary/aromatic N) is 2. The van der Waals surface area contributed by atoms with Crippen molar-refractivity contribution in [2.45, 2.75) is 30.9 Å². The first kappa shape index (κ1) is 10.5. The summed E-state index contributed by atoms with van der Waals surface area (Å²) in [4.78, 5) is 4.77. The average molecular weight is 253 g/mol. The minimum absolute atomic E-state index is 0.0807. The van der Waals surface area contributed by atoms with Crippen LogP contribution < -0.4 is 0 Å². The minimum atomic E-state index is 0.0807. The van der Waals surface area contributed by atoms with Crippen LogP contribution in [0.4, 0.5) is 0 Å². The maximum absolute atomic E-state index is 5.99. The largest absolute Gasteiger partial charge is 0.312 e. The molecule has 3 rings (SSSR count). The zero-order valence-corrected chi connectivity index (χ0v) is 11.1. The van der Waals surface area contributed by atoms with Crippen molar-refractivity contribution >= 4 is 34.4 Å². The Balaban J connectivity index is 2.37. The van der Waals surface area contributed by atoms with E-state index >= 15 is 0 Å². The smallest absolute Gasteiger partial charge is 0.124 e. The summed E-state index contributed by atoms with van der Waals surface area (Å²) in [6.45, 7) is 6.68. The molecule has 1 aromatic heterocycles. The van der Waals surface area contributed by atoms with Gasteiger partial charge in [0, 0.05) is 5.02 Å². The first-order valence-corrected chi connectivity index (χ1v) is 6.61. The van der Waals surface area contributed by atoms with Gasteiger partial charge in [-0.3, -0.25) is 0 Å². The molecule has 0 bridgehead atoms. The molecule has 0 radical (unpaired) electrons. The number of rotatable bonds is 0. The molecule has 4 heteroatoms. The minimum Gasteiger partial charge on any atom is -0.312 e. The van der Waals surface area contributed by atoms with Gasteiger partial charge in [-0.1, -0.05) is 11.6 Å². The van der Waals surface area contributed by atoms with E-state index in [9.17, 15) is 0 Å². The molecule has 2 aromatic rings. The van der Waals surface area contributed by atoms with E-state index in [-0.39, 0.29) is 4.87 Å². The van der Waals surface area contributed by atoms with Crippen molar-refractivity contribution in [1.29, 1.82) is 0 Å². The van der Waals surface area contributed by atoms with Gasteiger partial charge in [-0.25, -0.2) is 4.98 Å². The molecule has 0 saturated carbocycles. The molecule has 1 unspecified atom stereocenters. The molecule has 0 N–H and O–H groups in total. The van der Waals surface area contributed by atoms with Gasteiger partial charge in [0.2, 0.25) is 0 Å². The van der Waals surface area contributed by atoms with E-state index in [4.69, 9.17) is 11.6 Å². The molecule has 0 fully saturated rings. The van der Waals surface area contributed by atoms with Crippen LogP contribution in [-0.4, -0.2) is 9.55 Å². The van der Waals surface area contributed by atoms with Crippen LogP contribution in [0.15, 0.2) is 18.2 Å². The van der Waals surface area contributed by atoms with E-state index in [1.165, 1.54) is 5.52 Å². The zero-order chi connectivity index (χ0) is 11.5. The highest BCUT2D eigenvalue weighted by Gasteiger charge is 2.37. The van der Waals surface area contributed by atoms with Gasteiger partial charge in [-0.15, -0.1) is 11.8 Å². The second-order valence-corrected chi connectivity index (χ2v) is 7.02. The Morgan fingerprint density at radius 2 is 2.19 bits per heavy atom. The maximum atomic E-state index is 5.99. The lowest BCUT2D eigenvalue weighted by Gasteiger charge is -2.21. The molecule has 1 aliphatic heterocycles. The predicted octanol–water partition coefficient (Wildman–Crippen LogP) is 4.19. The Morgan fingerprint density at radius 3 is 2.94 bits per heavy atom. The third kappa shape index (κ3) is 1.31. The van der Waals surface area contributed by atoms with Crippen LogP contribution in [0.1, 0.15) is 31.8 Å². The van der Waals surface area contributed by atoms with E-state index in [1.807, 2.05) is 23.9 Å². The Morgan fingerprint density at radius 1 is 1.44 bits per heavy atom. The third-order valence-corrected chi connectivity index (χ3v) is 4.57. The molecule has 0 amide bonds. The number of fused-ring (bicyclic) bond motifs is 3. The Kier molecular flexibility index (Phi) is 2.08. The number of hydrogen-bond acceptors (Lipinski definition) is 2. The van der Waals surface area contributed by atoms with Gasteiger partial charge in [-0.2, -0.15) is 0 Å². The normalized spacial score (nSPS) is 22.6. The molecule has 1 atom stereocenters. The van der Waals surface area contributed by atoms with E-state index in [2.05, 4.69) is 36.4 Å². The third-order valence-electron chi connectivity index (χ3n) is 3.01. The van der Waals surface area contributed by atoms with Crippen molar-refractivity contribution in [2.24, 2.45) is 0 Å². The number of benzene rings is 1. The van der Waals surface area contributed by atoms with Crippen LogP contribution in [0, 0.1) is 0 Å². The van der Waals surface area contributed by atoms with Gasteiger partial charge in [0.05, 0.1) is 21.2 Å². The summed E-state index contributed by atoms with van der Waals surface area (Å²) in [5, 5.41) is 1.20. The maximum Gasteiger partial charge on any atom is 0.124 e. The van der Waals surface area contributed by atoms with Crippen molar-refractivity contribution in [3.8, 4) is 0 Å². The van der Waals surface area contributed by atoms with Crippen molar-refractivity contribution in [1.82, 2.24) is 9.55 Å². The summed E-state index contributed by atoms with van der Waals surface area (Å²) in [7, 11) is 0. The number of hydrogen-bond donors (Lipinski definition) is 0. The summed E-state index contributed by atoms with van der Waals surface area (Å²) in [5.74, 6) is 1.16. The summed E-state index contributed by atoms with van der Waals surface area (Å²) in [6.07, 6.45) is 0. The van der Waals surface area contributed by atoms with Gasteiger partial charge >= 0.3 is 0 Å². The summed E-state index contributed by atoms with van der Waals surface area (Å²) < 4.78 is 2.33. The molecule has 2 nitrogen and oxygen atoms in total. The van der Waals surface area contributed by atoms with E-state index < -0.39 is 0 Å². The number of halogens is 1. The Bertz CT molecular complexity index is 574. The lowest BCUT2D eigenvalue weighted by Crippen LogP contribution is -2.17. The Hall–Kier alpha value is -0.670. The Labute approximate surface area is 104 Å². The van der Waals surface area contributed by atoms with Crippen LogP contribution in [0.25, 0.3) is 11.0 Å². The summed E-state index contributed by atoms with van der Waals surface area (Å²) >= 11 is 7.94.